The highest BCUT2D eigenvalue weighted by molar-refractivity contribution is 5.97. The molecule has 0 aliphatic heterocycles. The van der Waals surface area contributed by atoms with Crippen LogP contribution in [0.3, 0.4) is 0 Å². The normalized spacial score (nSPS) is 11.2. The lowest BCUT2D eigenvalue weighted by atomic mass is 10.0. The van der Waals surface area contributed by atoms with Crippen LogP contribution in [0, 0.1) is 0 Å². The number of benzene rings is 2. The van der Waals surface area contributed by atoms with E-state index in [1.54, 1.807) is 6.33 Å². The lowest BCUT2D eigenvalue weighted by Gasteiger charge is -2.04. The van der Waals surface area contributed by atoms with Crippen LogP contribution in [0.4, 0.5) is 0 Å². The summed E-state index contributed by atoms with van der Waals surface area (Å²) in [5, 5.41) is 2.14. The number of H-pyrrole nitrogens is 1. The van der Waals surface area contributed by atoms with Gasteiger partial charge in [-0.2, -0.15) is 0 Å². The van der Waals surface area contributed by atoms with E-state index < -0.39 is 0 Å². The van der Waals surface area contributed by atoms with Gasteiger partial charge >= 0.3 is 0 Å². The van der Waals surface area contributed by atoms with Gasteiger partial charge in [0.25, 0.3) is 0 Å². The molecule has 5 aromatic rings. The first-order valence-electron chi connectivity index (χ1n) is 8.11. The fraction of sp³-hybridized carbons (Fsp3) is 0. The molecule has 2 aromatic carbocycles. The largest absolute Gasteiger partial charge is 0.346 e. The number of hydrogen-bond acceptors (Lipinski definition) is 3. The molecule has 25 heavy (non-hydrogen) atoms. The Labute approximate surface area is 144 Å². The third-order valence-corrected chi connectivity index (χ3v) is 4.45. The van der Waals surface area contributed by atoms with Crippen LogP contribution in [-0.2, 0) is 0 Å². The summed E-state index contributed by atoms with van der Waals surface area (Å²) in [6, 6.07) is 18.7. The lowest BCUT2D eigenvalue weighted by Crippen LogP contribution is -1.84. The molecule has 0 amide bonds. The van der Waals surface area contributed by atoms with Crippen LogP contribution >= 0.6 is 0 Å². The Balaban J connectivity index is 1.70. The zero-order chi connectivity index (χ0) is 16.6. The minimum Gasteiger partial charge on any atom is -0.346 e. The van der Waals surface area contributed by atoms with Crippen molar-refractivity contribution in [1.29, 1.82) is 0 Å². The molecular weight excluding hydrogens is 308 g/mol. The van der Waals surface area contributed by atoms with Crippen LogP contribution < -0.4 is 0 Å². The molecule has 0 unspecified atom stereocenters. The molecule has 4 heteroatoms. The van der Waals surface area contributed by atoms with Crippen molar-refractivity contribution >= 4 is 21.9 Å². The Hall–Kier alpha value is -3.53. The van der Waals surface area contributed by atoms with E-state index in [4.69, 9.17) is 0 Å². The molecule has 0 saturated heterocycles. The summed E-state index contributed by atoms with van der Waals surface area (Å²) in [5.41, 5.74) is 6.36. The van der Waals surface area contributed by atoms with Gasteiger partial charge in [-0.15, -0.1) is 0 Å². The summed E-state index contributed by atoms with van der Waals surface area (Å²) in [5.74, 6) is 0. The van der Waals surface area contributed by atoms with E-state index in [0.29, 0.717) is 0 Å². The van der Waals surface area contributed by atoms with Gasteiger partial charge in [0.1, 0.15) is 12.0 Å². The molecule has 1 N–H and O–H groups in total. The van der Waals surface area contributed by atoms with Gasteiger partial charge in [-0.25, -0.2) is 15.0 Å². The number of hydrogen-bond donors (Lipinski definition) is 1. The first-order chi connectivity index (χ1) is 12.4. The monoisotopic (exact) mass is 322 g/mol. The van der Waals surface area contributed by atoms with Gasteiger partial charge in [0.05, 0.1) is 5.52 Å². The molecule has 3 heterocycles. The highest BCUT2D eigenvalue weighted by Crippen LogP contribution is 2.32. The molecule has 0 aliphatic rings. The van der Waals surface area contributed by atoms with Crippen molar-refractivity contribution in [2.24, 2.45) is 0 Å². The average Bonchev–Trinajstić information content (AvgIpc) is 3.11. The van der Waals surface area contributed by atoms with Crippen LogP contribution in [0.2, 0.25) is 0 Å². The first kappa shape index (κ1) is 13.9. The quantitative estimate of drug-likeness (QED) is 0.506. The second-order valence-corrected chi connectivity index (χ2v) is 5.98. The van der Waals surface area contributed by atoms with E-state index in [1.807, 2.05) is 42.9 Å². The summed E-state index contributed by atoms with van der Waals surface area (Å²) in [6.45, 7) is 0. The van der Waals surface area contributed by atoms with Gasteiger partial charge in [-0.1, -0.05) is 36.4 Å². The Morgan fingerprint density at radius 2 is 1.68 bits per heavy atom. The van der Waals surface area contributed by atoms with E-state index in [2.05, 4.69) is 50.3 Å². The summed E-state index contributed by atoms with van der Waals surface area (Å²) >= 11 is 0. The van der Waals surface area contributed by atoms with Gasteiger partial charge in [-0.05, 0) is 29.3 Å². The predicted octanol–water partition coefficient (Wildman–Crippen LogP) is 4.84. The number of pyridine rings is 1. The molecule has 0 saturated carbocycles. The van der Waals surface area contributed by atoms with Gasteiger partial charge in [0.2, 0.25) is 0 Å². The van der Waals surface area contributed by atoms with E-state index in [0.717, 1.165) is 44.2 Å². The second kappa shape index (κ2) is 5.53. The highest BCUT2D eigenvalue weighted by Gasteiger charge is 2.10. The van der Waals surface area contributed by atoms with Gasteiger partial charge in [0.15, 0.2) is 0 Å². The second-order valence-electron chi connectivity index (χ2n) is 5.98. The topological polar surface area (TPSA) is 54.5 Å². The maximum absolute atomic E-state index is 4.59. The fourth-order valence-electron chi connectivity index (χ4n) is 3.18. The molecule has 0 radical (unpaired) electrons. The molecule has 3 aromatic heterocycles. The van der Waals surface area contributed by atoms with Crippen LogP contribution in [0.1, 0.15) is 0 Å². The van der Waals surface area contributed by atoms with E-state index in [9.17, 15) is 0 Å². The zero-order valence-corrected chi connectivity index (χ0v) is 13.3. The average molecular weight is 322 g/mol. The van der Waals surface area contributed by atoms with Crippen molar-refractivity contribution in [2.75, 3.05) is 0 Å². The summed E-state index contributed by atoms with van der Waals surface area (Å²) in [4.78, 5) is 16.3. The molecule has 0 spiro atoms. The number of aromatic nitrogens is 4. The summed E-state index contributed by atoms with van der Waals surface area (Å²) in [7, 11) is 0. The molecule has 4 nitrogen and oxygen atoms in total. The maximum Gasteiger partial charge on any atom is 0.137 e. The highest BCUT2D eigenvalue weighted by atomic mass is 14.8. The lowest BCUT2D eigenvalue weighted by molar-refractivity contribution is 1.22. The zero-order valence-electron chi connectivity index (χ0n) is 13.3. The molecule has 118 valence electrons. The van der Waals surface area contributed by atoms with Crippen LogP contribution in [0.15, 0.2) is 79.5 Å². The van der Waals surface area contributed by atoms with Crippen molar-refractivity contribution in [3.05, 3.63) is 79.5 Å². The first-order valence-corrected chi connectivity index (χ1v) is 8.11. The van der Waals surface area contributed by atoms with Crippen molar-refractivity contribution in [3.8, 4) is 22.3 Å². The number of nitrogens with zero attached hydrogens (tertiary/aromatic N) is 3. The summed E-state index contributed by atoms with van der Waals surface area (Å²) < 4.78 is 0. The molecule has 5 rings (SSSR count). The smallest absolute Gasteiger partial charge is 0.137 e. The number of fused-ring (bicyclic) bond motifs is 2. The van der Waals surface area contributed by atoms with Gasteiger partial charge < -0.3 is 4.98 Å². The number of aromatic amines is 1. The fourth-order valence-corrected chi connectivity index (χ4v) is 3.18. The van der Waals surface area contributed by atoms with Crippen molar-refractivity contribution in [2.45, 2.75) is 0 Å². The van der Waals surface area contributed by atoms with Crippen LogP contribution in [0.25, 0.3) is 44.2 Å². The minimum atomic E-state index is 0.888. The van der Waals surface area contributed by atoms with Crippen molar-refractivity contribution in [1.82, 2.24) is 19.9 Å². The SMILES string of the molecule is c1ccc(-c2cnc3[nH]cc(-c4ccc5ncncc5c4)c3c2)cc1. The third kappa shape index (κ3) is 2.35. The molecule has 0 atom stereocenters. The molecular formula is C21H14N4. The van der Waals surface area contributed by atoms with E-state index in [1.165, 1.54) is 0 Å². The molecule has 0 bridgehead atoms. The molecule has 0 fully saturated rings. The van der Waals surface area contributed by atoms with Gasteiger partial charge in [0, 0.05) is 40.5 Å². The Bertz CT molecular complexity index is 1190. The van der Waals surface area contributed by atoms with E-state index in [-0.39, 0.29) is 0 Å². The maximum atomic E-state index is 4.59. The number of nitrogens with one attached hydrogen (secondary N) is 1. The Morgan fingerprint density at radius 1 is 0.760 bits per heavy atom. The standard InChI is InChI=1S/C21H14N4/c1-2-4-14(5-3-1)16-9-18-19(12-24-21(18)23-11-16)15-6-7-20-17(8-15)10-22-13-25-20/h1-13H,(H,23,24). The minimum absolute atomic E-state index is 0.888. The Morgan fingerprint density at radius 3 is 2.60 bits per heavy atom. The molecule has 0 aliphatic carbocycles. The van der Waals surface area contributed by atoms with Crippen molar-refractivity contribution < 1.29 is 0 Å². The third-order valence-electron chi connectivity index (χ3n) is 4.45. The van der Waals surface area contributed by atoms with Crippen LogP contribution in [0.5, 0.6) is 0 Å². The summed E-state index contributed by atoms with van der Waals surface area (Å²) in [6.07, 6.45) is 7.33. The van der Waals surface area contributed by atoms with Gasteiger partial charge in [-0.3, -0.25) is 0 Å². The van der Waals surface area contributed by atoms with Crippen molar-refractivity contribution in [3.63, 3.8) is 0 Å². The predicted molar refractivity (Wildman–Crippen MR) is 100 cm³/mol. The number of rotatable bonds is 2. The Kier molecular flexibility index (Phi) is 3.07. The van der Waals surface area contributed by atoms with E-state index >= 15 is 0 Å². The van der Waals surface area contributed by atoms with Crippen LogP contribution in [-0.4, -0.2) is 19.9 Å².